The van der Waals surface area contributed by atoms with E-state index < -0.39 is 5.97 Å². The van der Waals surface area contributed by atoms with Crippen molar-refractivity contribution >= 4 is 12.0 Å². The first-order valence-electron chi connectivity index (χ1n) is 5.02. The van der Waals surface area contributed by atoms with Gasteiger partial charge < -0.3 is 15.5 Å². The first-order chi connectivity index (χ1) is 7.65. The first kappa shape index (κ1) is 12.3. The number of hydrogen-bond donors (Lipinski definition) is 3. The van der Waals surface area contributed by atoms with Crippen LogP contribution in [0, 0.1) is 0 Å². The van der Waals surface area contributed by atoms with Gasteiger partial charge in [-0.1, -0.05) is 18.2 Å². The highest BCUT2D eigenvalue weighted by atomic mass is 16.4. The molecule has 0 bridgehead atoms. The lowest BCUT2D eigenvalue weighted by atomic mass is 10.1. The van der Waals surface area contributed by atoms with Gasteiger partial charge in [0.2, 0.25) is 0 Å². The lowest BCUT2D eigenvalue weighted by Gasteiger charge is -2.00. The molecule has 0 radical (unpaired) electrons. The fourth-order valence-corrected chi connectivity index (χ4v) is 1.28. The third-order valence-electron chi connectivity index (χ3n) is 2.12. The van der Waals surface area contributed by atoms with E-state index in [4.69, 9.17) is 5.11 Å². The predicted molar refractivity (Wildman–Crippen MR) is 62.6 cm³/mol. The number of benzene rings is 1. The van der Waals surface area contributed by atoms with E-state index in [-0.39, 0.29) is 11.3 Å². The van der Waals surface area contributed by atoms with Gasteiger partial charge in [-0.25, -0.2) is 4.79 Å². The molecule has 0 aliphatic rings. The van der Waals surface area contributed by atoms with Gasteiger partial charge in [-0.15, -0.1) is 0 Å². The Kier molecular flexibility index (Phi) is 4.54. The number of aromatic hydroxyl groups is 1. The number of hydrogen-bond acceptors (Lipinski definition) is 3. The molecule has 1 aromatic rings. The van der Waals surface area contributed by atoms with Crippen LogP contribution < -0.4 is 5.32 Å². The molecule has 4 heteroatoms. The van der Waals surface area contributed by atoms with Crippen molar-refractivity contribution in [2.45, 2.75) is 6.42 Å². The molecule has 1 rings (SSSR count). The maximum absolute atomic E-state index is 10.6. The summed E-state index contributed by atoms with van der Waals surface area (Å²) in [5.41, 5.74) is 0.714. The summed E-state index contributed by atoms with van der Waals surface area (Å²) in [6.45, 7) is 0.885. The second-order valence-electron chi connectivity index (χ2n) is 3.38. The molecular weight excluding hydrogens is 206 g/mol. The molecule has 86 valence electrons. The van der Waals surface area contributed by atoms with E-state index >= 15 is 0 Å². The van der Waals surface area contributed by atoms with Gasteiger partial charge in [0.1, 0.15) is 11.3 Å². The van der Waals surface area contributed by atoms with Gasteiger partial charge >= 0.3 is 5.97 Å². The second kappa shape index (κ2) is 5.92. The summed E-state index contributed by atoms with van der Waals surface area (Å²) >= 11 is 0. The first-order valence-corrected chi connectivity index (χ1v) is 5.02. The van der Waals surface area contributed by atoms with E-state index in [1.54, 1.807) is 6.07 Å². The molecule has 0 amide bonds. The van der Waals surface area contributed by atoms with Crippen LogP contribution in [0.15, 0.2) is 24.3 Å². The van der Waals surface area contributed by atoms with Crippen LogP contribution in [0.3, 0.4) is 0 Å². The van der Waals surface area contributed by atoms with Crippen LogP contribution >= 0.6 is 0 Å². The molecule has 0 spiro atoms. The van der Waals surface area contributed by atoms with Crippen LogP contribution in [0.25, 0.3) is 6.08 Å². The molecular formula is C12H15NO3. The van der Waals surface area contributed by atoms with Crippen LogP contribution in [-0.4, -0.2) is 29.8 Å². The number of rotatable bonds is 5. The Bertz CT molecular complexity index is 399. The van der Waals surface area contributed by atoms with Gasteiger partial charge in [0.15, 0.2) is 0 Å². The van der Waals surface area contributed by atoms with Crippen molar-refractivity contribution in [2.24, 2.45) is 0 Å². The molecule has 3 N–H and O–H groups in total. The smallest absolute Gasteiger partial charge is 0.339 e. The number of phenols is 1. The van der Waals surface area contributed by atoms with Gasteiger partial charge in [0.05, 0.1) is 0 Å². The molecule has 0 aliphatic heterocycles. The largest absolute Gasteiger partial charge is 0.507 e. The molecule has 1 aromatic carbocycles. The van der Waals surface area contributed by atoms with Crippen LogP contribution in [-0.2, 0) is 0 Å². The molecule has 0 aromatic heterocycles. The summed E-state index contributed by atoms with van der Waals surface area (Å²) in [6, 6.07) is 4.51. The van der Waals surface area contributed by atoms with Crippen molar-refractivity contribution in [1.82, 2.24) is 5.32 Å². The Labute approximate surface area is 94.2 Å². The molecule has 0 unspecified atom stereocenters. The molecule has 0 aliphatic carbocycles. The maximum Gasteiger partial charge on any atom is 0.339 e. The Hall–Kier alpha value is -1.81. The molecule has 0 heterocycles. The van der Waals surface area contributed by atoms with Crippen molar-refractivity contribution in [2.75, 3.05) is 13.6 Å². The summed E-state index contributed by atoms with van der Waals surface area (Å²) < 4.78 is 0. The van der Waals surface area contributed by atoms with Crippen LogP contribution in [0.2, 0.25) is 0 Å². The molecule has 0 saturated heterocycles. The van der Waals surface area contributed by atoms with Crippen LogP contribution in [0.5, 0.6) is 5.75 Å². The number of carboxylic acids is 1. The van der Waals surface area contributed by atoms with Gasteiger partial charge in [-0.05, 0) is 37.7 Å². The van der Waals surface area contributed by atoms with Crippen molar-refractivity contribution in [3.05, 3.63) is 35.4 Å². The van der Waals surface area contributed by atoms with Crippen LogP contribution in [0.4, 0.5) is 0 Å². The lowest BCUT2D eigenvalue weighted by molar-refractivity contribution is 0.0694. The minimum Gasteiger partial charge on any atom is -0.507 e. The maximum atomic E-state index is 10.6. The molecule has 0 atom stereocenters. The highest BCUT2D eigenvalue weighted by molar-refractivity contribution is 5.91. The quantitative estimate of drug-likeness (QED) is 0.662. The highest BCUT2D eigenvalue weighted by Gasteiger charge is 2.08. The fourth-order valence-electron chi connectivity index (χ4n) is 1.28. The van der Waals surface area contributed by atoms with Gasteiger partial charge in [-0.2, -0.15) is 0 Å². The van der Waals surface area contributed by atoms with Crippen molar-refractivity contribution < 1.29 is 15.0 Å². The van der Waals surface area contributed by atoms with Crippen molar-refractivity contribution in [3.8, 4) is 5.75 Å². The Balaban J connectivity index is 2.73. The normalized spacial score (nSPS) is 10.8. The number of carbonyl (C=O) groups is 1. The van der Waals surface area contributed by atoms with Crippen molar-refractivity contribution in [3.63, 3.8) is 0 Å². The monoisotopic (exact) mass is 221 g/mol. The minimum atomic E-state index is -1.12. The number of nitrogens with one attached hydrogen (secondary N) is 1. The Morgan fingerprint density at radius 2 is 2.25 bits per heavy atom. The van der Waals surface area contributed by atoms with E-state index in [1.165, 1.54) is 12.1 Å². The van der Waals surface area contributed by atoms with E-state index in [0.29, 0.717) is 0 Å². The number of carboxylic acid groups (broad SMARTS) is 1. The summed E-state index contributed by atoms with van der Waals surface area (Å²) in [5.74, 6) is -1.33. The van der Waals surface area contributed by atoms with Gasteiger partial charge in [-0.3, -0.25) is 0 Å². The molecule has 0 fully saturated rings. The summed E-state index contributed by atoms with van der Waals surface area (Å²) in [4.78, 5) is 10.6. The van der Waals surface area contributed by atoms with Gasteiger partial charge in [0, 0.05) is 0 Å². The van der Waals surface area contributed by atoms with E-state index in [1.807, 2.05) is 19.2 Å². The summed E-state index contributed by atoms with van der Waals surface area (Å²) in [7, 11) is 1.88. The third kappa shape index (κ3) is 3.40. The Morgan fingerprint density at radius 3 is 2.81 bits per heavy atom. The van der Waals surface area contributed by atoms with E-state index in [0.717, 1.165) is 18.5 Å². The topological polar surface area (TPSA) is 69.6 Å². The van der Waals surface area contributed by atoms with E-state index in [2.05, 4.69) is 5.32 Å². The average molecular weight is 221 g/mol. The zero-order valence-electron chi connectivity index (χ0n) is 9.10. The fraction of sp³-hybridized carbons (Fsp3) is 0.250. The van der Waals surface area contributed by atoms with Crippen LogP contribution in [0.1, 0.15) is 22.3 Å². The zero-order chi connectivity index (χ0) is 12.0. The zero-order valence-corrected chi connectivity index (χ0v) is 9.10. The number of aromatic carboxylic acids is 1. The standard InChI is InChI=1S/C12H15NO3/c1-13-7-3-2-4-9-5-6-10(12(15)16)11(14)8-9/h2,4-6,8,13-14H,3,7H2,1H3,(H,15,16). The summed E-state index contributed by atoms with van der Waals surface area (Å²) in [6.07, 6.45) is 4.70. The lowest BCUT2D eigenvalue weighted by Crippen LogP contribution is -2.05. The average Bonchev–Trinajstić information content (AvgIpc) is 2.24. The summed E-state index contributed by atoms with van der Waals surface area (Å²) in [5, 5.41) is 21.2. The SMILES string of the molecule is CNCCC=Cc1ccc(C(=O)O)c(O)c1. The predicted octanol–water partition coefficient (Wildman–Crippen LogP) is 1.71. The molecule has 16 heavy (non-hydrogen) atoms. The molecule has 0 saturated carbocycles. The second-order valence-corrected chi connectivity index (χ2v) is 3.38. The van der Waals surface area contributed by atoms with E-state index in [9.17, 15) is 9.90 Å². The minimum absolute atomic E-state index is 0.0765. The molecule has 4 nitrogen and oxygen atoms in total. The third-order valence-corrected chi connectivity index (χ3v) is 2.12. The Morgan fingerprint density at radius 1 is 1.50 bits per heavy atom. The van der Waals surface area contributed by atoms with Crippen molar-refractivity contribution in [1.29, 1.82) is 0 Å². The van der Waals surface area contributed by atoms with Gasteiger partial charge in [0.25, 0.3) is 0 Å². The highest BCUT2D eigenvalue weighted by Crippen LogP contribution is 2.19.